The number of benzene rings is 1. The molecule has 4 N–H and O–H groups in total. The minimum atomic E-state index is -0.510. The SMILES string of the molecule is CNc1cc(NC(=O)OC(C)(C)C)ccc1N. The predicted octanol–water partition coefficient (Wildman–Crippen LogP) is 2.66. The van der Waals surface area contributed by atoms with Gasteiger partial charge in [-0.05, 0) is 39.0 Å². The molecule has 0 radical (unpaired) electrons. The Hall–Kier alpha value is -1.91. The first-order valence-electron chi connectivity index (χ1n) is 5.39. The van der Waals surface area contributed by atoms with Crippen LogP contribution in [0.2, 0.25) is 0 Å². The summed E-state index contributed by atoms with van der Waals surface area (Å²) in [4.78, 5) is 11.5. The van der Waals surface area contributed by atoms with E-state index >= 15 is 0 Å². The number of nitrogens with two attached hydrogens (primary N) is 1. The number of carbonyl (C=O) groups excluding carboxylic acids is 1. The number of rotatable bonds is 2. The van der Waals surface area contributed by atoms with E-state index in [1.807, 2.05) is 20.8 Å². The van der Waals surface area contributed by atoms with Crippen LogP contribution in [0.1, 0.15) is 20.8 Å². The molecule has 0 atom stereocenters. The van der Waals surface area contributed by atoms with Crippen LogP contribution in [-0.4, -0.2) is 18.7 Å². The third-order valence-electron chi connectivity index (χ3n) is 1.97. The number of anilines is 3. The monoisotopic (exact) mass is 237 g/mol. The van der Waals surface area contributed by atoms with Gasteiger partial charge in [-0.25, -0.2) is 4.79 Å². The van der Waals surface area contributed by atoms with E-state index in [0.29, 0.717) is 11.4 Å². The van der Waals surface area contributed by atoms with Gasteiger partial charge in [0, 0.05) is 12.7 Å². The number of nitrogens with one attached hydrogen (secondary N) is 2. The van der Waals surface area contributed by atoms with Gasteiger partial charge in [0.2, 0.25) is 0 Å². The summed E-state index contributed by atoms with van der Waals surface area (Å²) < 4.78 is 5.14. The van der Waals surface area contributed by atoms with Gasteiger partial charge in [0.1, 0.15) is 5.60 Å². The molecule has 0 aromatic heterocycles. The first-order valence-corrected chi connectivity index (χ1v) is 5.39. The van der Waals surface area contributed by atoms with E-state index in [1.54, 1.807) is 25.2 Å². The lowest BCUT2D eigenvalue weighted by atomic mass is 10.2. The Morgan fingerprint density at radius 1 is 1.35 bits per heavy atom. The Bertz CT molecular complexity index is 411. The highest BCUT2D eigenvalue weighted by Gasteiger charge is 2.16. The highest BCUT2D eigenvalue weighted by Crippen LogP contribution is 2.22. The molecule has 5 heteroatoms. The molecule has 0 heterocycles. The molecule has 17 heavy (non-hydrogen) atoms. The summed E-state index contributed by atoms with van der Waals surface area (Å²) in [5, 5.41) is 5.58. The first-order chi connectivity index (χ1) is 7.81. The summed E-state index contributed by atoms with van der Waals surface area (Å²) in [5.41, 5.74) is 7.24. The molecule has 0 aliphatic heterocycles. The summed E-state index contributed by atoms with van der Waals surface area (Å²) in [7, 11) is 1.77. The molecule has 1 aromatic rings. The topological polar surface area (TPSA) is 76.4 Å². The number of ether oxygens (including phenoxy) is 1. The average molecular weight is 237 g/mol. The summed E-state index contributed by atoms with van der Waals surface area (Å²) in [5.74, 6) is 0. The highest BCUT2D eigenvalue weighted by molar-refractivity contribution is 5.87. The van der Waals surface area contributed by atoms with Gasteiger partial charge in [0.25, 0.3) is 0 Å². The van der Waals surface area contributed by atoms with Crippen LogP contribution in [0, 0.1) is 0 Å². The fourth-order valence-electron chi connectivity index (χ4n) is 1.27. The summed E-state index contributed by atoms with van der Waals surface area (Å²) in [6.45, 7) is 5.44. The Labute approximate surface area is 101 Å². The van der Waals surface area contributed by atoms with Crippen LogP contribution >= 0.6 is 0 Å². The molecule has 1 rings (SSSR count). The van der Waals surface area contributed by atoms with Crippen molar-refractivity contribution in [2.75, 3.05) is 23.4 Å². The van der Waals surface area contributed by atoms with Crippen LogP contribution in [-0.2, 0) is 4.74 Å². The van der Waals surface area contributed by atoms with Crippen molar-refractivity contribution in [3.63, 3.8) is 0 Å². The second kappa shape index (κ2) is 4.95. The quantitative estimate of drug-likeness (QED) is 0.691. The molecule has 0 bridgehead atoms. The summed E-state index contributed by atoms with van der Waals surface area (Å²) >= 11 is 0. The van der Waals surface area contributed by atoms with Gasteiger partial charge >= 0.3 is 6.09 Å². The molecule has 0 fully saturated rings. The maximum atomic E-state index is 11.5. The molecule has 0 aliphatic rings. The van der Waals surface area contributed by atoms with Gasteiger partial charge in [-0.3, -0.25) is 5.32 Å². The maximum absolute atomic E-state index is 11.5. The van der Waals surface area contributed by atoms with Crippen molar-refractivity contribution in [3.8, 4) is 0 Å². The van der Waals surface area contributed by atoms with Crippen molar-refractivity contribution in [2.45, 2.75) is 26.4 Å². The summed E-state index contributed by atoms with van der Waals surface area (Å²) in [6.07, 6.45) is -0.482. The molecular weight excluding hydrogens is 218 g/mol. The van der Waals surface area contributed by atoms with Crippen molar-refractivity contribution in [1.29, 1.82) is 0 Å². The van der Waals surface area contributed by atoms with Crippen molar-refractivity contribution in [3.05, 3.63) is 18.2 Å². The number of hydrogen-bond donors (Lipinski definition) is 3. The van der Waals surface area contributed by atoms with Gasteiger partial charge in [0.15, 0.2) is 0 Å². The zero-order valence-corrected chi connectivity index (χ0v) is 10.6. The largest absolute Gasteiger partial charge is 0.444 e. The smallest absolute Gasteiger partial charge is 0.412 e. The van der Waals surface area contributed by atoms with Crippen molar-refractivity contribution >= 4 is 23.2 Å². The summed E-state index contributed by atoms with van der Waals surface area (Å²) in [6, 6.07) is 5.19. The third kappa shape index (κ3) is 4.22. The Morgan fingerprint density at radius 2 is 2.00 bits per heavy atom. The van der Waals surface area contributed by atoms with E-state index < -0.39 is 11.7 Å². The van der Waals surface area contributed by atoms with E-state index in [1.165, 1.54) is 0 Å². The highest BCUT2D eigenvalue weighted by atomic mass is 16.6. The maximum Gasteiger partial charge on any atom is 0.412 e. The Kier molecular flexibility index (Phi) is 3.83. The second-order valence-corrected chi connectivity index (χ2v) is 4.68. The van der Waals surface area contributed by atoms with E-state index in [0.717, 1.165) is 5.69 Å². The van der Waals surface area contributed by atoms with E-state index in [9.17, 15) is 4.79 Å². The molecule has 1 aromatic carbocycles. The minimum absolute atomic E-state index is 0.482. The molecule has 0 spiro atoms. The van der Waals surface area contributed by atoms with Crippen LogP contribution in [0.25, 0.3) is 0 Å². The molecule has 0 saturated heterocycles. The Balaban J connectivity index is 2.72. The molecule has 0 aliphatic carbocycles. The van der Waals surface area contributed by atoms with Crippen molar-refractivity contribution in [2.24, 2.45) is 0 Å². The van der Waals surface area contributed by atoms with Gasteiger partial charge in [-0.2, -0.15) is 0 Å². The first kappa shape index (κ1) is 13.2. The van der Waals surface area contributed by atoms with Gasteiger partial charge in [-0.15, -0.1) is 0 Å². The standard InChI is InChI=1S/C12H19N3O2/c1-12(2,3)17-11(16)15-8-5-6-9(13)10(7-8)14-4/h5-7,14H,13H2,1-4H3,(H,15,16). The van der Waals surface area contributed by atoms with E-state index in [-0.39, 0.29) is 0 Å². The van der Waals surface area contributed by atoms with Crippen LogP contribution in [0.5, 0.6) is 0 Å². The average Bonchev–Trinajstić information content (AvgIpc) is 2.18. The zero-order chi connectivity index (χ0) is 13.1. The number of hydrogen-bond acceptors (Lipinski definition) is 4. The number of amides is 1. The van der Waals surface area contributed by atoms with Gasteiger partial charge in [-0.1, -0.05) is 0 Å². The lowest BCUT2D eigenvalue weighted by Crippen LogP contribution is -2.27. The van der Waals surface area contributed by atoms with Crippen molar-refractivity contribution in [1.82, 2.24) is 0 Å². The van der Waals surface area contributed by atoms with Crippen LogP contribution in [0.15, 0.2) is 18.2 Å². The van der Waals surface area contributed by atoms with Crippen LogP contribution in [0.3, 0.4) is 0 Å². The van der Waals surface area contributed by atoms with Crippen LogP contribution < -0.4 is 16.4 Å². The normalized spacial score (nSPS) is 10.8. The predicted molar refractivity (Wildman–Crippen MR) is 70.3 cm³/mol. The third-order valence-corrected chi connectivity index (χ3v) is 1.97. The minimum Gasteiger partial charge on any atom is -0.444 e. The fourth-order valence-corrected chi connectivity index (χ4v) is 1.27. The molecular formula is C12H19N3O2. The van der Waals surface area contributed by atoms with Crippen molar-refractivity contribution < 1.29 is 9.53 Å². The zero-order valence-electron chi connectivity index (χ0n) is 10.6. The number of carbonyl (C=O) groups is 1. The van der Waals surface area contributed by atoms with Gasteiger partial charge in [0.05, 0.1) is 11.4 Å². The number of nitrogen functional groups attached to an aromatic ring is 1. The lowest BCUT2D eigenvalue weighted by molar-refractivity contribution is 0.0636. The second-order valence-electron chi connectivity index (χ2n) is 4.68. The fraction of sp³-hybridized carbons (Fsp3) is 0.417. The molecule has 0 unspecified atom stereocenters. The molecule has 0 saturated carbocycles. The Morgan fingerprint density at radius 3 is 2.53 bits per heavy atom. The molecule has 1 amide bonds. The molecule has 94 valence electrons. The van der Waals surface area contributed by atoms with Gasteiger partial charge < -0.3 is 15.8 Å². The van der Waals surface area contributed by atoms with Crippen LogP contribution in [0.4, 0.5) is 21.9 Å². The lowest BCUT2D eigenvalue weighted by Gasteiger charge is -2.20. The van der Waals surface area contributed by atoms with E-state index in [4.69, 9.17) is 10.5 Å². The molecule has 5 nitrogen and oxygen atoms in total. The van der Waals surface area contributed by atoms with E-state index in [2.05, 4.69) is 10.6 Å².